The number of carbonyl (C=O) groups is 3. The summed E-state index contributed by atoms with van der Waals surface area (Å²) < 4.78 is 18.0. The number of benzene rings is 2. The first-order valence-corrected chi connectivity index (χ1v) is 8.21. The Kier molecular flexibility index (Phi) is 6.60. The molecule has 0 bridgehead atoms. The van der Waals surface area contributed by atoms with Crippen molar-refractivity contribution in [3.8, 4) is 0 Å². The summed E-state index contributed by atoms with van der Waals surface area (Å²) in [6.45, 7) is 2.87. The molecule has 0 unspecified atom stereocenters. The number of carbonyl (C=O) groups excluding carboxylic acids is 3. The number of aryl methyl sites for hydroxylation is 1. The Morgan fingerprint density at radius 2 is 1.73 bits per heavy atom. The van der Waals surface area contributed by atoms with E-state index >= 15 is 0 Å². The van der Waals surface area contributed by atoms with Gasteiger partial charge in [0.1, 0.15) is 5.82 Å². The summed E-state index contributed by atoms with van der Waals surface area (Å²) in [5.41, 5.74) is 1.56. The molecule has 2 aromatic carbocycles. The minimum absolute atomic E-state index is 0.0767. The maximum atomic E-state index is 12.8. The van der Waals surface area contributed by atoms with Gasteiger partial charge in [-0.1, -0.05) is 24.3 Å². The van der Waals surface area contributed by atoms with Crippen molar-refractivity contribution in [3.05, 3.63) is 65.5 Å². The Balaban J connectivity index is 1.87. The highest BCUT2D eigenvalue weighted by atomic mass is 19.1. The van der Waals surface area contributed by atoms with Crippen LogP contribution in [0.3, 0.4) is 0 Å². The predicted molar refractivity (Wildman–Crippen MR) is 95.4 cm³/mol. The largest absolute Gasteiger partial charge is 0.453 e. The van der Waals surface area contributed by atoms with E-state index in [9.17, 15) is 18.8 Å². The monoisotopic (exact) mass is 357 g/mol. The standard InChI is InChI=1S/C20H20FNO4/c1-13(23)17-5-3-4-6-18(17)22-20(25)14(2)26-19(24)12-9-15-7-10-16(21)11-8-15/h3-8,10-11,14H,9,12H2,1-2H3,(H,22,25)/t14-/m1/s1. The molecule has 26 heavy (non-hydrogen) atoms. The van der Waals surface area contributed by atoms with Crippen molar-refractivity contribution in [1.82, 2.24) is 0 Å². The van der Waals surface area contributed by atoms with Crippen LogP contribution in [-0.4, -0.2) is 23.8 Å². The smallest absolute Gasteiger partial charge is 0.306 e. The van der Waals surface area contributed by atoms with Crippen molar-refractivity contribution in [2.45, 2.75) is 32.8 Å². The van der Waals surface area contributed by atoms with Gasteiger partial charge in [0.15, 0.2) is 11.9 Å². The molecule has 6 heteroatoms. The average molecular weight is 357 g/mol. The van der Waals surface area contributed by atoms with Gasteiger partial charge in [-0.2, -0.15) is 0 Å². The van der Waals surface area contributed by atoms with E-state index < -0.39 is 18.0 Å². The molecule has 0 saturated heterocycles. The first-order valence-electron chi connectivity index (χ1n) is 8.21. The molecule has 0 aliphatic heterocycles. The Hall–Kier alpha value is -3.02. The number of hydrogen-bond donors (Lipinski definition) is 1. The molecule has 0 aliphatic rings. The first kappa shape index (κ1) is 19.3. The third-order valence-corrected chi connectivity index (χ3v) is 3.77. The topological polar surface area (TPSA) is 72.5 Å². The number of nitrogens with one attached hydrogen (secondary N) is 1. The number of hydrogen-bond acceptors (Lipinski definition) is 4. The predicted octanol–water partition coefficient (Wildman–Crippen LogP) is 3.53. The molecule has 0 radical (unpaired) electrons. The second-order valence-electron chi connectivity index (χ2n) is 5.85. The highest BCUT2D eigenvalue weighted by molar-refractivity contribution is 6.04. The molecular weight excluding hydrogens is 337 g/mol. The fourth-order valence-electron chi connectivity index (χ4n) is 2.34. The van der Waals surface area contributed by atoms with Gasteiger partial charge in [-0.15, -0.1) is 0 Å². The number of amides is 1. The first-order chi connectivity index (χ1) is 12.4. The molecule has 5 nitrogen and oxygen atoms in total. The van der Waals surface area contributed by atoms with Crippen molar-refractivity contribution < 1.29 is 23.5 Å². The molecule has 0 heterocycles. The highest BCUT2D eigenvalue weighted by Crippen LogP contribution is 2.16. The van der Waals surface area contributed by atoms with Crippen molar-refractivity contribution in [1.29, 1.82) is 0 Å². The highest BCUT2D eigenvalue weighted by Gasteiger charge is 2.19. The van der Waals surface area contributed by atoms with Crippen molar-refractivity contribution in [3.63, 3.8) is 0 Å². The maximum absolute atomic E-state index is 12.8. The number of ether oxygens (including phenoxy) is 1. The molecule has 1 atom stereocenters. The van der Waals surface area contributed by atoms with Gasteiger partial charge in [0.25, 0.3) is 5.91 Å². The van der Waals surface area contributed by atoms with Crippen molar-refractivity contribution in [2.24, 2.45) is 0 Å². The zero-order valence-corrected chi connectivity index (χ0v) is 14.6. The minimum Gasteiger partial charge on any atom is -0.453 e. The summed E-state index contributed by atoms with van der Waals surface area (Å²) in [4.78, 5) is 35.7. The van der Waals surface area contributed by atoms with Gasteiger partial charge in [0, 0.05) is 12.0 Å². The summed E-state index contributed by atoms with van der Waals surface area (Å²) in [5, 5.41) is 2.60. The maximum Gasteiger partial charge on any atom is 0.306 e. The molecular formula is C20H20FNO4. The second-order valence-corrected chi connectivity index (χ2v) is 5.85. The molecule has 136 valence electrons. The van der Waals surface area contributed by atoms with Crippen LogP contribution in [0, 0.1) is 5.82 Å². The lowest BCUT2D eigenvalue weighted by Crippen LogP contribution is -2.30. The number of esters is 1. The van der Waals surface area contributed by atoms with E-state index in [0.717, 1.165) is 5.56 Å². The van der Waals surface area contributed by atoms with Crippen LogP contribution in [0.5, 0.6) is 0 Å². The Morgan fingerprint density at radius 3 is 2.38 bits per heavy atom. The van der Waals surface area contributed by atoms with Crippen molar-refractivity contribution in [2.75, 3.05) is 5.32 Å². The Morgan fingerprint density at radius 1 is 1.08 bits per heavy atom. The summed E-state index contributed by atoms with van der Waals surface area (Å²) in [5.74, 6) is -1.57. The molecule has 0 aromatic heterocycles. The van der Waals surface area contributed by atoms with E-state index in [0.29, 0.717) is 17.7 Å². The Labute approximate surface area is 151 Å². The van der Waals surface area contributed by atoms with Gasteiger partial charge >= 0.3 is 5.97 Å². The lowest BCUT2D eigenvalue weighted by molar-refractivity contribution is -0.153. The van der Waals surface area contributed by atoms with Crippen LogP contribution >= 0.6 is 0 Å². The SMILES string of the molecule is CC(=O)c1ccccc1NC(=O)[C@@H](C)OC(=O)CCc1ccc(F)cc1. The van der Waals surface area contributed by atoms with Gasteiger partial charge in [-0.3, -0.25) is 14.4 Å². The van der Waals surface area contributed by atoms with Gasteiger partial charge in [0.05, 0.1) is 5.69 Å². The number of ketones is 1. The summed E-state index contributed by atoms with van der Waals surface area (Å²) in [7, 11) is 0. The second kappa shape index (κ2) is 8.89. The number of rotatable bonds is 7. The molecule has 0 spiro atoms. The van der Waals surface area contributed by atoms with Gasteiger partial charge in [0.2, 0.25) is 0 Å². The molecule has 0 fully saturated rings. The molecule has 1 amide bonds. The minimum atomic E-state index is -1.00. The van der Waals surface area contributed by atoms with Crippen molar-refractivity contribution >= 4 is 23.3 Å². The summed E-state index contributed by atoms with van der Waals surface area (Å²) in [6, 6.07) is 12.4. The van der Waals surface area contributed by atoms with Crippen LogP contribution in [0.1, 0.15) is 36.2 Å². The van der Waals surface area contributed by atoms with Crippen LogP contribution < -0.4 is 5.32 Å². The molecule has 1 N–H and O–H groups in total. The normalized spacial score (nSPS) is 11.5. The quantitative estimate of drug-likeness (QED) is 0.608. The number of anilines is 1. The molecule has 2 aromatic rings. The van der Waals surface area contributed by atoms with Gasteiger partial charge in [-0.25, -0.2) is 4.39 Å². The fraction of sp³-hybridized carbons (Fsp3) is 0.250. The third-order valence-electron chi connectivity index (χ3n) is 3.77. The van der Waals surface area contributed by atoms with Crippen LogP contribution in [-0.2, 0) is 20.7 Å². The lowest BCUT2D eigenvalue weighted by atomic mass is 10.1. The number of halogens is 1. The number of Topliss-reactive ketones (excluding diaryl/α,β-unsaturated/α-hetero) is 1. The fourth-order valence-corrected chi connectivity index (χ4v) is 2.34. The Bertz CT molecular complexity index is 802. The van der Waals surface area contributed by atoms with Crippen LogP contribution in [0.25, 0.3) is 0 Å². The van der Waals surface area contributed by atoms with Crippen LogP contribution in [0.15, 0.2) is 48.5 Å². The van der Waals surface area contributed by atoms with Crippen LogP contribution in [0.4, 0.5) is 10.1 Å². The van der Waals surface area contributed by atoms with E-state index in [-0.39, 0.29) is 18.0 Å². The molecule has 0 saturated carbocycles. The average Bonchev–Trinajstić information content (AvgIpc) is 2.61. The van der Waals surface area contributed by atoms with Gasteiger partial charge in [-0.05, 0) is 50.1 Å². The van der Waals surface area contributed by atoms with Gasteiger partial charge < -0.3 is 10.1 Å². The van der Waals surface area contributed by atoms with E-state index in [4.69, 9.17) is 4.74 Å². The molecule has 0 aliphatic carbocycles. The summed E-state index contributed by atoms with van der Waals surface area (Å²) >= 11 is 0. The number of para-hydroxylation sites is 1. The zero-order valence-electron chi connectivity index (χ0n) is 14.6. The van der Waals surface area contributed by atoms with E-state index in [2.05, 4.69) is 5.32 Å². The van der Waals surface area contributed by atoms with Crippen LogP contribution in [0.2, 0.25) is 0 Å². The van der Waals surface area contributed by atoms with E-state index in [1.165, 1.54) is 26.0 Å². The lowest BCUT2D eigenvalue weighted by Gasteiger charge is -2.15. The zero-order chi connectivity index (χ0) is 19.1. The summed E-state index contributed by atoms with van der Waals surface area (Å²) in [6.07, 6.45) is -0.538. The third kappa shape index (κ3) is 5.51. The van der Waals surface area contributed by atoms with E-state index in [1.807, 2.05) is 0 Å². The molecule has 2 rings (SSSR count). The van der Waals surface area contributed by atoms with E-state index in [1.54, 1.807) is 36.4 Å².